The van der Waals surface area contributed by atoms with Gasteiger partial charge in [0.2, 0.25) is 5.91 Å². The van der Waals surface area contributed by atoms with E-state index in [0.717, 1.165) is 35.1 Å². The molecule has 5 amide bonds. The Morgan fingerprint density at radius 3 is 2.45 bits per heavy atom. The molecule has 1 spiro atoms. The van der Waals surface area contributed by atoms with Crippen LogP contribution in [-0.4, -0.2) is 125 Å². The zero-order valence-electron chi connectivity index (χ0n) is 36.5. The Hall–Kier alpha value is -6.67. The van der Waals surface area contributed by atoms with Crippen LogP contribution in [0.5, 0.6) is 0 Å². The van der Waals surface area contributed by atoms with Gasteiger partial charge in [-0.15, -0.1) is 5.10 Å². The summed E-state index contributed by atoms with van der Waals surface area (Å²) in [5.74, 6) is -5.88. The predicted octanol–water partition coefficient (Wildman–Crippen LogP) is 5.45. The number of likely N-dealkylation sites (tertiary alicyclic amines) is 2. The number of ether oxygens (including phenoxy) is 1. The molecule has 2 atom stereocenters. The number of rotatable bonds is 10. The molecular formula is C46H47F4N11O5. The van der Waals surface area contributed by atoms with Crippen molar-refractivity contribution in [3.63, 3.8) is 0 Å². The van der Waals surface area contributed by atoms with E-state index < -0.39 is 52.9 Å². The Kier molecular flexibility index (Phi) is 10.7. The summed E-state index contributed by atoms with van der Waals surface area (Å²) in [7, 11) is 3.39. The Morgan fingerprint density at radius 2 is 1.74 bits per heavy atom. The quantitative estimate of drug-likeness (QED) is 0.153. The lowest BCUT2D eigenvalue weighted by Gasteiger charge is -2.57. The summed E-state index contributed by atoms with van der Waals surface area (Å²) >= 11 is 0. The number of imidazole rings is 1. The molecule has 5 aliphatic rings. The molecule has 1 aliphatic carbocycles. The van der Waals surface area contributed by atoms with E-state index in [1.807, 2.05) is 29.2 Å². The van der Waals surface area contributed by atoms with Gasteiger partial charge in [-0.25, -0.2) is 31.9 Å². The minimum atomic E-state index is -3.31. The molecule has 4 aliphatic heterocycles. The number of imide groups is 1. The standard InChI is InChI=1S/C46H47F4N11O5/c1-25-15-30(47)29(17-35(25)60-13-10-39(62)55-44(60)65)43(64)58-14-11-45(46(49,50)24-58)22-57(23-45)21-26-16-31(48)40(52-19-26)28-5-4-6-34-27(28)9-12-59(34)38-18-33(51-2)41-53-20-36(61(41)56-38)42(63)54-32-7-8-37(32)66-3/h4-6,15-20,32,37,51H,7-14,21-24H2,1-3H3,(H,54,63)(H,55,62,65)/t32-,37-/m1/s1. The number of anilines is 4. The Balaban J connectivity index is 0.807. The normalized spacial score (nSPS) is 21.1. The van der Waals surface area contributed by atoms with Crippen LogP contribution in [0.25, 0.3) is 16.9 Å². The number of aryl methyl sites for hydroxylation is 1. The van der Waals surface area contributed by atoms with Crippen molar-refractivity contribution in [2.24, 2.45) is 5.41 Å². The Morgan fingerprint density at radius 1 is 0.939 bits per heavy atom. The number of aromatic nitrogens is 4. The Bertz CT molecular complexity index is 2830. The fraction of sp³-hybridized carbons (Fsp3) is 0.413. The second-order valence-corrected chi connectivity index (χ2v) is 17.8. The van der Waals surface area contributed by atoms with Crippen molar-refractivity contribution >= 4 is 52.3 Å². The Labute approximate surface area is 376 Å². The first kappa shape index (κ1) is 43.2. The van der Waals surface area contributed by atoms with Gasteiger partial charge in [-0.2, -0.15) is 0 Å². The van der Waals surface area contributed by atoms with Gasteiger partial charge < -0.3 is 25.2 Å². The molecule has 3 saturated heterocycles. The lowest BCUT2D eigenvalue weighted by molar-refractivity contribution is -0.220. The van der Waals surface area contributed by atoms with Crippen LogP contribution in [0.1, 0.15) is 63.2 Å². The van der Waals surface area contributed by atoms with Gasteiger partial charge in [-0.1, -0.05) is 12.1 Å². The van der Waals surface area contributed by atoms with E-state index >= 15 is 17.6 Å². The number of benzene rings is 2. The van der Waals surface area contributed by atoms with Crippen LogP contribution in [0.2, 0.25) is 0 Å². The molecule has 16 nitrogen and oxygen atoms in total. The number of piperidine rings is 1. The molecule has 1 saturated carbocycles. The number of methoxy groups -OCH3 is 1. The minimum Gasteiger partial charge on any atom is -0.385 e. The summed E-state index contributed by atoms with van der Waals surface area (Å²) < 4.78 is 70.3. The van der Waals surface area contributed by atoms with Gasteiger partial charge in [-0.3, -0.25) is 34.5 Å². The second-order valence-electron chi connectivity index (χ2n) is 17.8. The molecule has 2 aromatic carbocycles. The van der Waals surface area contributed by atoms with Crippen LogP contribution in [0.3, 0.4) is 0 Å². The molecule has 66 heavy (non-hydrogen) atoms. The third kappa shape index (κ3) is 7.26. The molecule has 0 unspecified atom stereocenters. The molecule has 344 valence electrons. The molecule has 0 bridgehead atoms. The summed E-state index contributed by atoms with van der Waals surface area (Å²) in [4.78, 5) is 66.1. The summed E-state index contributed by atoms with van der Waals surface area (Å²) in [5, 5.41) is 13.2. The molecule has 3 N–H and O–H groups in total. The van der Waals surface area contributed by atoms with Crippen molar-refractivity contribution in [2.75, 3.05) is 68.5 Å². The largest absolute Gasteiger partial charge is 0.385 e. The number of carbonyl (C=O) groups excluding carboxylic acids is 4. The summed E-state index contributed by atoms with van der Waals surface area (Å²) in [5.41, 5.74) is 3.10. The number of alkyl halides is 2. The molecule has 0 radical (unpaired) electrons. The summed E-state index contributed by atoms with van der Waals surface area (Å²) in [6.45, 7) is 1.36. The monoisotopic (exact) mass is 909 g/mol. The lowest BCUT2D eigenvalue weighted by Crippen LogP contribution is -2.70. The number of pyridine rings is 1. The van der Waals surface area contributed by atoms with Crippen molar-refractivity contribution in [2.45, 2.75) is 63.6 Å². The zero-order chi connectivity index (χ0) is 46.2. The van der Waals surface area contributed by atoms with Gasteiger partial charge in [-0.05, 0) is 73.6 Å². The summed E-state index contributed by atoms with van der Waals surface area (Å²) in [6.07, 6.45) is 5.26. The second kappa shape index (κ2) is 16.3. The van der Waals surface area contributed by atoms with Gasteiger partial charge in [0, 0.05) is 89.0 Å². The molecule has 20 heteroatoms. The maximum atomic E-state index is 16.1. The maximum absolute atomic E-state index is 16.1. The predicted molar refractivity (Wildman–Crippen MR) is 234 cm³/mol. The van der Waals surface area contributed by atoms with Crippen molar-refractivity contribution in [1.82, 2.24) is 40.0 Å². The average Bonchev–Trinajstić information content (AvgIpc) is 3.90. The van der Waals surface area contributed by atoms with Crippen LogP contribution >= 0.6 is 0 Å². The maximum Gasteiger partial charge on any atom is 0.328 e. The van der Waals surface area contributed by atoms with Gasteiger partial charge >= 0.3 is 6.03 Å². The highest BCUT2D eigenvalue weighted by Gasteiger charge is 2.63. The molecule has 10 rings (SSSR count). The highest BCUT2D eigenvalue weighted by atomic mass is 19.3. The van der Waals surface area contributed by atoms with E-state index in [2.05, 4.69) is 25.9 Å². The number of amides is 5. The van der Waals surface area contributed by atoms with E-state index in [1.54, 1.807) is 32.2 Å². The number of fused-ring (bicyclic) bond motifs is 2. The minimum absolute atomic E-state index is 0.00833. The fourth-order valence-electron chi connectivity index (χ4n) is 10.1. The molecule has 4 fully saturated rings. The fourth-order valence-corrected chi connectivity index (χ4v) is 10.1. The molecule has 7 heterocycles. The van der Waals surface area contributed by atoms with Crippen molar-refractivity contribution in [1.29, 1.82) is 0 Å². The van der Waals surface area contributed by atoms with Gasteiger partial charge in [0.05, 0.1) is 41.6 Å². The number of hydrogen-bond acceptors (Lipinski definition) is 11. The number of nitrogens with one attached hydrogen (secondary N) is 3. The lowest BCUT2D eigenvalue weighted by atomic mass is 9.69. The van der Waals surface area contributed by atoms with Crippen LogP contribution in [0.4, 0.5) is 45.2 Å². The van der Waals surface area contributed by atoms with Crippen LogP contribution in [0, 0.1) is 24.0 Å². The molecular weight excluding hydrogens is 863 g/mol. The van der Waals surface area contributed by atoms with Crippen LogP contribution in [0.15, 0.2) is 54.9 Å². The van der Waals surface area contributed by atoms with Gasteiger partial charge in [0.15, 0.2) is 17.2 Å². The van der Waals surface area contributed by atoms with E-state index in [-0.39, 0.29) is 80.7 Å². The van der Waals surface area contributed by atoms with Gasteiger partial charge in [0.1, 0.15) is 17.3 Å². The smallest absolute Gasteiger partial charge is 0.328 e. The van der Waals surface area contributed by atoms with Crippen molar-refractivity contribution in [3.05, 3.63) is 94.4 Å². The van der Waals surface area contributed by atoms with Crippen LogP contribution < -0.4 is 25.8 Å². The number of hydrogen-bond donors (Lipinski definition) is 3. The summed E-state index contributed by atoms with van der Waals surface area (Å²) in [6, 6.07) is 10.3. The van der Waals surface area contributed by atoms with E-state index in [9.17, 15) is 19.2 Å². The van der Waals surface area contributed by atoms with E-state index in [0.29, 0.717) is 46.8 Å². The molecule has 3 aromatic heterocycles. The van der Waals surface area contributed by atoms with E-state index in [4.69, 9.17) is 9.84 Å². The molecule has 5 aromatic rings. The SMILES string of the molecule is CNc1cc(N2CCc3c(-c4ncc(CN5CC6(CCN(C(=O)c7cc(N8CCC(=O)NC8=O)c(C)cc7F)CC6(F)F)C5)cc4F)cccc32)nn2c(C(=O)N[C@@H]3CC[C@H]3OC)cnc12. The topological polar surface area (TPSA) is 170 Å². The van der Waals surface area contributed by atoms with Crippen molar-refractivity contribution < 1.29 is 41.5 Å². The zero-order valence-corrected chi connectivity index (χ0v) is 36.5. The number of urea groups is 1. The van der Waals surface area contributed by atoms with Crippen LogP contribution in [-0.2, 0) is 22.5 Å². The highest BCUT2D eigenvalue weighted by Crippen LogP contribution is 2.51. The van der Waals surface area contributed by atoms with E-state index in [1.165, 1.54) is 27.7 Å². The first-order valence-corrected chi connectivity index (χ1v) is 21.9. The van der Waals surface area contributed by atoms with Crippen molar-refractivity contribution in [3.8, 4) is 11.3 Å². The number of carbonyl (C=O) groups is 4. The first-order valence-electron chi connectivity index (χ1n) is 21.9. The average molecular weight is 910 g/mol. The number of halogens is 4. The third-order valence-corrected chi connectivity index (χ3v) is 13.9. The third-order valence-electron chi connectivity index (χ3n) is 13.9. The highest BCUT2D eigenvalue weighted by molar-refractivity contribution is 6.06. The number of nitrogens with zero attached hydrogens (tertiary/aromatic N) is 8. The van der Waals surface area contributed by atoms with Gasteiger partial charge in [0.25, 0.3) is 17.7 Å². The first-order chi connectivity index (χ1) is 31.7.